The Kier molecular flexibility index (Phi) is 7.12. The summed E-state index contributed by atoms with van der Waals surface area (Å²) in [7, 11) is 4.15. The summed E-state index contributed by atoms with van der Waals surface area (Å²) >= 11 is 5.56. The highest BCUT2D eigenvalue weighted by molar-refractivity contribution is 9.10. The Bertz CT molecular complexity index is 371. The van der Waals surface area contributed by atoms with Crippen LogP contribution in [0.1, 0.15) is 18.9 Å². The average Bonchev–Trinajstić information content (AvgIpc) is 2.37. The first-order chi connectivity index (χ1) is 8.63. The predicted octanol–water partition coefficient (Wildman–Crippen LogP) is 3.75. The van der Waals surface area contributed by atoms with Crippen molar-refractivity contribution in [3.05, 3.63) is 28.2 Å². The molecule has 0 amide bonds. The summed E-state index contributed by atoms with van der Waals surface area (Å²) in [5, 5.41) is 3.18. The van der Waals surface area contributed by atoms with E-state index in [2.05, 4.69) is 64.6 Å². The van der Waals surface area contributed by atoms with Crippen molar-refractivity contribution in [2.45, 2.75) is 25.9 Å². The lowest BCUT2D eigenvalue weighted by atomic mass is 10.1. The lowest BCUT2D eigenvalue weighted by Crippen LogP contribution is -2.33. The second-order valence-electron chi connectivity index (χ2n) is 4.43. The number of benzene rings is 1. The maximum atomic E-state index is 3.65. The highest BCUT2D eigenvalue weighted by Crippen LogP contribution is 2.26. The van der Waals surface area contributed by atoms with E-state index >= 15 is 0 Å². The summed E-state index contributed by atoms with van der Waals surface area (Å²) in [6.45, 7) is 3.15. The summed E-state index contributed by atoms with van der Waals surface area (Å²) < 4.78 is 1.18. The molecule has 2 nitrogen and oxygen atoms in total. The van der Waals surface area contributed by atoms with Gasteiger partial charge in [0.2, 0.25) is 0 Å². The van der Waals surface area contributed by atoms with Gasteiger partial charge >= 0.3 is 0 Å². The fraction of sp³-hybridized carbons (Fsp3) is 0.571. The van der Waals surface area contributed by atoms with Crippen LogP contribution in [0.3, 0.4) is 0 Å². The van der Waals surface area contributed by atoms with Crippen molar-refractivity contribution in [2.24, 2.45) is 0 Å². The van der Waals surface area contributed by atoms with E-state index in [4.69, 9.17) is 0 Å². The number of hydrogen-bond donors (Lipinski definition) is 1. The summed E-state index contributed by atoms with van der Waals surface area (Å²) in [6, 6.07) is 7.22. The van der Waals surface area contributed by atoms with E-state index in [0.717, 1.165) is 6.54 Å². The molecule has 1 N–H and O–H groups in total. The molecule has 0 aliphatic rings. The van der Waals surface area contributed by atoms with E-state index in [9.17, 15) is 0 Å². The Balaban J connectivity index is 2.85. The minimum atomic E-state index is 0.599. The van der Waals surface area contributed by atoms with Crippen LogP contribution < -0.4 is 10.2 Å². The molecule has 1 rings (SSSR count). The van der Waals surface area contributed by atoms with Gasteiger partial charge in [0.25, 0.3) is 0 Å². The van der Waals surface area contributed by atoms with E-state index in [0.29, 0.717) is 6.04 Å². The van der Waals surface area contributed by atoms with Crippen molar-refractivity contribution >= 4 is 33.4 Å². The molecule has 0 heterocycles. The molecule has 0 spiro atoms. The first-order valence-corrected chi connectivity index (χ1v) is 8.47. The minimum Gasteiger partial charge on any atom is -0.371 e. The number of nitrogens with one attached hydrogen (secondary N) is 1. The third-order valence-corrected chi connectivity index (χ3v) is 4.65. The van der Waals surface area contributed by atoms with Crippen LogP contribution in [0.15, 0.2) is 22.7 Å². The fourth-order valence-corrected chi connectivity index (χ4v) is 3.35. The molecule has 1 aromatic carbocycles. The molecule has 0 aromatic heterocycles. The van der Waals surface area contributed by atoms with Crippen molar-refractivity contribution in [2.75, 3.05) is 31.0 Å². The number of anilines is 1. The Labute approximate surface area is 124 Å². The van der Waals surface area contributed by atoms with Crippen LogP contribution >= 0.6 is 27.7 Å². The molecule has 1 unspecified atom stereocenters. The van der Waals surface area contributed by atoms with Crippen LogP contribution in [0, 0.1) is 0 Å². The molecule has 102 valence electrons. The van der Waals surface area contributed by atoms with Gasteiger partial charge in [-0.2, -0.15) is 11.8 Å². The van der Waals surface area contributed by atoms with Crippen LogP contribution in [0.2, 0.25) is 0 Å². The summed E-state index contributed by atoms with van der Waals surface area (Å²) in [5.41, 5.74) is 2.58. The van der Waals surface area contributed by atoms with Crippen LogP contribution in [-0.2, 0) is 6.54 Å². The van der Waals surface area contributed by atoms with Gasteiger partial charge in [-0.15, -0.1) is 0 Å². The smallest absolute Gasteiger partial charge is 0.0377 e. The van der Waals surface area contributed by atoms with E-state index in [1.165, 1.54) is 27.9 Å². The number of hydrogen-bond acceptors (Lipinski definition) is 3. The zero-order valence-electron chi connectivity index (χ0n) is 11.7. The first-order valence-electron chi connectivity index (χ1n) is 6.28. The molecule has 4 heteroatoms. The zero-order valence-corrected chi connectivity index (χ0v) is 14.1. The maximum absolute atomic E-state index is 3.65. The molecule has 18 heavy (non-hydrogen) atoms. The van der Waals surface area contributed by atoms with Crippen molar-refractivity contribution in [1.82, 2.24) is 5.32 Å². The second-order valence-corrected chi connectivity index (χ2v) is 6.20. The highest BCUT2D eigenvalue weighted by atomic mass is 79.9. The number of nitrogens with zero attached hydrogens (tertiary/aromatic N) is 1. The van der Waals surface area contributed by atoms with Gasteiger partial charge in [0, 0.05) is 35.5 Å². The third kappa shape index (κ3) is 4.18. The lowest BCUT2D eigenvalue weighted by Gasteiger charge is -2.29. The topological polar surface area (TPSA) is 15.3 Å². The lowest BCUT2D eigenvalue weighted by molar-refractivity contribution is 0.673. The number of thioether (sulfide) groups is 1. The number of halogens is 1. The quantitative estimate of drug-likeness (QED) is 0.819. The van der Waals surface area contributed by atoms with Gasteiger partial charge in [-0.25, -0.2) is 0 Å². The van der Waals surface area contributed by atoms with Crippen molar-refractivity contribution in [1.29, 1.82) is 0 Å². The SMILES string of the molecule is CCC(CSC)N(C)c1ccc(CNC)c(Br)c1. The average molecular weight is 331 g/mol. The molecule has 0 fully saturated rings. The Morgan fingerprint density at radius 2 is 2.17 bits per heavy atom. The van der Waals surface area contributed by atoms with Gasteiger partial charge in [-0.3, -0.25) is 0 Å². The Hall–Kier alpha value is -0.190. The normalized spacial score (nSPS) is 12.5. The van der Waals surface area contributed by atoms with E-state index in [1.54, 1.807) is 0 Å². The molecule has 0 radical (unpaired) electrons. The first kappa shape index (κ1) is 15.9. The molecular formula is C14H23BrN2S. The molecular weight excluding hydrogens is 308 g/mol. The van der Waals surface area contributed by atoms with E-state index < -0.39 is 0 Å². The number of rotatable bonds is 7. The maximum Gasteiger partial charge on any atom is 0.0377 e. The Morgan fingerprint density at radius 1 is 1.44 bits per heavy atom. The van der Waals surface area contributed by atoms with Crippen LogP contribution in [0.5, 0.6) is 0 Å². The summed E-state index contributed by atoms with van der Waals surface area (Å²) in [4.78, 5) is 2.38. The van der Waals surface area contributed by atoms with Crippen LogP contribution in [0.4, 0.5) is 5.69 Å². The molecule has 0 aliphatic carbocycles. The zero-order chi connectivity index (χ0) is 13.5. The largest absolute Gasteiger partial charge is 0.371 e. The Morgan fingerprint density at radius 3 is 2.67 bits per heavy atom. The van der Waals surface area contributed by atoms with Crippen molar-refractivity contribution in [3.8, 4) is 0 Å². The monoisotopic (exact) mass is 330 g/mol. The molecule has 0 saturated heterocycles. The molecule has 1 aromatic rings. The van der Waals surface area contributed by atoms with Gasteiger partial charge in [-0.1, -0.05) is 28.9 Å². The highest BCUT2D eigenvalue weighted by Gasteiger charge is 2.13. The summed E-state index contributed by atoms with van der Waals surface area (Å²) in [6.07, 6.45) is 3.34. The van der Waals surface area contributed by atoms with Gasteiger partial charge in [0.15, 0.2) is 0 Å². The van der Waals surface area contributed by atoms with Crippen molar-refractivity contribution < 1.29 is 0 Å². The molecule has 0 saturated carbocycles. The molecule has 0 aliphatic heterocycles. The van der Waals surface area contributed by atoms with Gasteiger partial charge < -0.3 is 10.2 Å². The van der Waals surface area contributed by atoms with Gasteiger partial charge in [0.05, 0.1) is 0 Å². The second kappa shape index (κ2) is 8.08. The fourth-order valence-electron chi connectivity index (χ4n) is 2.00. The molecule has 1 atom stereocenters. The standard InChI is InChI=1S/C14H23BrN2S/c1-5-12(10-18-4)17(3)13-7-6-11(9-16-2)14(15)8-13/h6-8,12,16H,5,9-10H2,1-4H3. The van der Waals surface area contributed by atoms with Crippen LogP contribution in [-0.4, -0.2) is 32.1 Å². The minimum absolute atomic E-state index is 0.599. The van der Waals surface area contributed by atoms with Gasteiger partial charge in [0.1, 0.15) is 0 Å². The predicted molar refractivity (Wildman–Crippen MR) is 87.8 cm³/mol. The van der Waals surface area contributed by atoms with Crippen LogP contribution in [0.25, 0.3) is 0 Å². The molecule has 0 bridgehead atoms. The summed E-state index contributed by atoms with van der Waals surface area (Å²) in [5.74, 6) is 1.17. The third-order valence-electron chi connectivity index (χ3n) is 3.19. The van der Waals surface area contributed by atoms with E-state index in [-0.39, 0.29) is 0 Å². The van der Waals surface area contributed by atoms with Gasteiger partial charge in [-0.05, 0) is 37.4 Å². The van der Waals surface area contributed by atoms with Crippen molar-refractivity contribution in [3.63, 3.8) is 0 Å². The van der Waals surface area contributed by atoms with E-state index in [1.807, 2.05) is 18.8 Å².